The van der Waals surface area contributed by atoms with Crippen molar-refractivity contribution in [3.05, 3.63) is 22.4 Å². The molecule has 1 aromatic heterocycles. The zero-order chi connectivity index (χ0) is 13.5. The monoisotopic (exact) mass is 270 g/mol. The van der Waals surface area contributed by atoms with E-state index >= 15 is 0 Å². The van der Waals surface area contributed by atoms with Gasteiger partial charge < -0.3 is 15.7 Å². The first-order valence-corrected chi connectivity index (χ1v) is 6.70. The van der Waals surface area contributed by atoms with Gasteiger partial charge in [0.25, 0.3) is 5.91 Å². The van der Waals surface area contributed by atoms with Crippen LogP contribution in [0.1, 0.15) is 24.2 Å². The van der Waals surface area contributed by atoms with Crippen LogP contribution in [0.15, 0.2) is 16.8 Å². The predicted octanol–water partition coefficient (Wildman–Crippen LogP) is 0.611. The Morgan fingerprint density at radius 3 is 2.67 bits per heavy atom. The third-order valence-corrected chi connectivity index (χ3v) is 3.15. The van der Waals surface area contributed by atoms with Gasteiger partial charge >= 0.3 is 0 Å². The van der Waals surface area contributed by atoms with Crippen LogP contribution in [-0.2, 0) is 4.79 Å². The Bertz CT molecular complexity index is 390. The van der Waals surface area contributed by atoms with E-state index in [2.05, 4.69) is 10.6 Å². The Kier molecular flexibility index (Phi) is 5.80. The predicted molar refractivity (Wildman–Crippen MR) is 70.5 cm³/mol. The molecule has 1 heterocycles. The number of hydrogen-bond donors (Lipinski definition) is 3. The molecule has 18 heavy (non-hydrogen) atoms. The van der Waals surface area contributed by atoms with Crippen LogP contribution in [0.2, 0.25) is 0 Å². The van der Waals surface area contributed by atoms with Gasteiger partial charge in [0, 0.05) is 17.5 Å². The number of thiophene rings is 1. The highest BCUT2D eigenvalue weighted by atomic mass is 32.1. The van der Waals surface area contributed by atoms with E-state index in [1.54, 1.807) is 16.8 Å². The number of hydrogen-bond acceptors (Lipinski definition) is 4. The van der Waals surface area contributed by atoms with E-state index in [1.807, 2.05) is 13.8 Å². The average molecular weight is 270 g/mol. The van der Waals surface area contributed by atoms with E-state index in [-0.39, 0.29) is 30.8 Å². The first-order valence-electron chi connectivity index (χ1n) is 5.76. The van der Waals surface area contributed by atoms with Crippen LogP contribution in [0.4, 0.5) is 0 Å². The van der Waals surface area contributed by atoms with Crippen molar-refractivity contribution in [1.29, 1.82) is 0 Å². The quantitative estimate of drug-likeness (QED) is 0.708. The minimum Gasteiger partial charge on any atom is -0.391 e. The molecule has 1 rings (SSSR count). The number of amides is 2. The van der Waals surface area contributed by atoms with Crippen LogP contribution in [0.3, 0.4) is 0 Å². The van der Waals surface area contributed by atoms with E-state index in [0.717, 1.165) is 0 Å². The lowest BCUT2D eigenvalue weighted by molar-refractivity contribution is -0.120. The number of rotatable bonds is 6. The summed E-state index contributed by atoms with van der Waals surface area (Å²) in [6, 6.07) is 1.69. The van der Waals surface area contributed by atoms with Crippen LogP contribution >= 0.6 is 11.3 Å². The summed E-state index contributed by atoms with van der Waals surface area (Å²) in [6.07, 6.45) is -0.568. The van der Waals surface area contributed by atoms with Crippen molar-refractivity contribution in [3.63, 3.8) is 0 Å². The van der Waals surface area contributed by atoms with Crippen LogP contribution in [0.25, 0.3) is 0 Å². The summed E-state index contributed by atoms with van der Waals surface area (Å²) in [5.41, 5.74) is 0.551. The van der Waals surface area contributed by atoms with Gasteiger partial charge in [0.05, 0.1) is 12.6 Å². The van der Waals surface area contributed by atoms with Crippen LogP contribution in [0, 0.1) is 5.92 Å². The molecule has 6 heteroatoms. The summed E-state index contributed by atoms with van der Waals surface area (Å²) < 4.78 is 0. The highest BCUT2D eigenvalue weighted by Crippen LogP contribution is 2.04. The lowest BCUT2D eigenvalue weighted by Crippen LogP contribution is -2.41. The Morgan fingerprint density at radius 1 is 1.39 bits per heavy atom. The van der Waals surface area contributed by atoms with E-state index in [4.69, 9.17) is 0 Å². The largest absolute Gasteiger partial charge is 0.391 e. The van der Waals surface area contributed by atoms with Gasteiger partial charge in [-0.3, -0.25) is 9.59 Å². The molecule has 1 unspecified atom stereocenters. The Morgan fingerprint density at radius 2 is 2.11 bits per heavy atom. The minimum atomic E-state index is -0.568. The first-order chi connectivity index (χ1) is 8.50. The topological polar surface area (TPSA) is 78.4 Å². The van der Waals surface area contributed by atoms with E-state index in [1.165, 1.54) is 11.3 Å². The Hall–Kier alpha value is -1.40. The van der Waals surface area contributed by atoms with Crippen molar-refractivity contribution in [2.24, 2.45) is 5.92 Å². The molecule has 0 bridgehead atoms. The normalized spacial score (nSPS) is 12.2. The number of nitrogens with one attached hydrogen (secondary N) is 2. The standard InChI is InChI=1S/C12H18N2O3S/c1-8(2)10(15)5-13-11(16)6-14-12(17)9-3-4-18-7-9/h3-4,7-8,10,15H,5-6H2,1-2H3,(H,13,16)(H,14,17). The first kappa shape index (κ1) is 14.7. The lowest BCUT2D eigenvalue weighted by atomic mass is 10.1. The number of aliphatic hydroxyl groups excluding tert-OH is 1. The molecule has 100 valence electrons. The van der Waals surface area contributed by atoms with Gasteiger partial charge in [-0.05, 0) is 17.4 Å². The maximum atomic E-state index is 11.5. The molecule has 0 aliphatic heterocycles. The molecule has 1 aromatic rings. The zero-order valence-electron chi connectivity index (χ0n) is 10.5. The fourth-order valence-electron chi connectivity index (χ4n) is 1.17. The average Bonchev–Trinajstić information content (AvgIpc) is 2.86. The lowest BCUT2D eigenvalue weighted by Gasteiger charge is -2.15. The Labute approximate surface area is 110 Å². The molecule has 0 fully saturated rings. The third kappa shape index (κ3) is 4.85. The van der Waals surface area contributed by atoms with Gasteiger partial charge in [0.2, 0.25) is 5.91 Å². The molecule has 5 nitrogen and oxygen atoms in total. The SMILES string of the molecule is CC(C)C(O)CNC(=O)CNC(=O)c1ccsc1. The second kappa shape index (κ2) is 7.13. The summed E-state index contributed by atoms with van der Waals surface area (Å²) >= 11 is 1.43. The van der Waals surface area contributed by atoms with Crippen molar-refractivity contribution in [2.75, 3.05) is 13.1 Å². The van der Waals surface area contributed by atoms with Crippen molar-refractivity contribution in [3.8, 4) is 0 Å². The summed E-state index contributed by atoms with van der Waals surface area (Å²) in [5, 5.41) is 18.1. The van der Waals surface area contributed by atoms with Crippen LogP contribution in [-0.4, -0.2) is 36.1 Å². The fourth-order valence-corrected chi connectivity index (χ4v) is 1.81. The van der Waals surface area contributed by atoms with E-state index in [0.29, 0.717) is 5.56 Å². The van der Waals surface area contributed by atoms with Crippen molar-refractivity contribution >= 4 is 23.2 Å². The van der Waals surface area contributed by atoms with Gasteiger partial charge in [-0.1, -0.05) is 13.8 Å². The zero-order valence-corrected chi connectivity index (χ0v) is 11.3. The minimum absolute atomic E-state index is 0.0838. The fraction of sp³-hybridized carbons (Fsp3) is 0.500. The molecule has 0 spiro atoms. The second-order valence-corrected chi connectivity index (χ2v) is 5.09. The maximum absolute atomic E-state index is 11.5. The van der Waals surface area contributed by atoms with Crippen LogP contribution < -0.4 is 10.6 Å². The second-order valence-electron chi connectivity index (χ2n) is 4.31. The highest BCUT2D eigenvalue weighted by molar-refractivity contribution is 7.08. The van der Waals surface area contributed by atoms with E-state index < -0.39 is 6.10 Å². The highest BCUT2D eigenvalue weighted by Gasteiger charge is 2.12. The molecule has 1 atom stereocenters. The van der Waals surface area contributed by atoms with Crippen molar-refractivity contribution in [2.45, 2.75) is 20.0 Å². The molecule has 3 N–H and O–H groups in total. The molecule has 0 aromatic carbocycles. The summed E-state index contributed by atoms with van der Waals surface area (Å²) in [6.45, 7) is 3.86. The van der Waals surface area contributed by atoms with Gasteiger partial charge in [-0.2, -0.15) is 11.3 Å². The van der Waals surface area contributed by atoms with E-state index in [9.17, 15) is 14.7 Å². The number of carbonyl (C=O) groups is 2. The van der Waals surface area contributed by atoms with Gasteiger partial charge in [-0.15, -0.1) is 0 Å². The smallest absolute Gasteiger partial charge is 0.252 e. The maximum Gasteiger partial charge on any atom is 0.252 e. The summed E-state index contributed by atoms with van der Waals surface area (Å²) in [5.74, 6) is -0.486. The van der Waals surface area contributed by atoms with Crippen molar-refractivity contribution in [1.82, 2.24) is 10.6 Å². The summed E-state index contributed by atoms with van der Waals surface area (Å²) in [7, 11) is 0. The molecule has 0 aliphatic rings. The Balaban J connectivity index is 2.23. The number of carbonyl (C=O) groups excluding carboxylic acids is 2. The molecule has 0 saturated carbocycles. The van der Waals surface area contributed by atoms with Gasteiger partial charge in [0.1, 0.15) is 0 Å². The summed E-state index contributed by atoms with van der Waals surface area (Å²) in [4.78, 5) is 22.9. The third-order valence-electron chi connectivity index (χ3n) is 2.47. The molecule has 0 radical (unpaired) electrons. The molecule has 0 aliphatic carbocycles. The molecular weight excluding hydrogens is 252 g/mol. The van der Waals surface area contributed by atoms with Crippen LogP contribution in [0.5, 0.6) is 0 Å². The van der Waals surface area contributed by atoms with Gasteiger partial charge in [-0.25, -0.2) is 0 Å². The molecular formula is C12H18N2O3S. The molecule has 2 amide bonds. The number of aliphatic hydroxyl groups is 1. The van der Waals surface area contributed by atoms with Gasteiger partial charge in [0.15, 0.2) is 0 Å². The van der Waals surface area contributed by atoms with Crippen molar-refractivity contribution < 1.29 is 14.7 Å². The molecule has 0 saturated heterocycles.